The van der Waals surface area contributed by atoms with Crippen molar-refractivity contribution in [2.75, 3.05) is 19.8 Å². The van der Waals surface area contributed by atoms with Crippen molar-refractivity contribution >= 4 is 11.9 Å². The van der Waals surface area contributed by atoms with Crippen LogP contribution in [0.25, 0.3) is 0 Å². The Bertz CT molecular complexity index is 347. The molecule has 0 aliphatic rings. The highest BCUT2D eigenvalue weighted by molar-refractivity contribution is 5.87. The Morgan fingerprint density at radius 2 is 1.79 bits per heavy atom. The van der Waals surface area contributed by atoms with E-state index in [1.165, 1.54) is 0 Å². The number of carbonyl (C=O) groups is 2. The summed E-state index contributed by atoms with van der Waals surface area (Å²) in [7, 11) is 0. The zero-order valence-corrected chi connectivity index (χ0v) is 12.0. The average Bonchev–Trinajstić information content (AvgIpc) is 2.37. The Labute approximate surface area is 114 Å². The van der Waals surface area contributed by atoms with E-state index in [4.69, 9.17) is 9.47 Å². The number of hydrogen-bond donors (Lipinski definition) is 1. The molecule has 0 atom stereocenters. The molecular formula is C14H23NO4. The highest BCUT2D eigenvalue weighted by Crippen LogP contribution is 1.97. The monoisotopic (exact) mass is 269 g/mol. The molecule has 0 saturated carbocycles. The van der Waals surface area contributed by atoms with Crippen LogP contribution in [0.1, 0.15) is 33.6 Å². The van der Waals surface area contributed by atoms with Gasteiger partial charge in [0.25, 0.3) is 0 Å². The lowest BCUT2D eigenvalue weighted by molar-refractivity contribution is -0.140. The van der Waals surface area contributed by atoms with Crippen LogP contribution in [0.3, 0.4) is 0 Å². The number of hydrogen-bond acceptors (Lipinski definition) is 5. The van der Waals surface area contributed by atoms with Crippen LogP contribution in [-0.2, 0) is 19.1 Å². The van der Waals surface area contributed by atoms with Crippen molar-refractivity contribution in [1.82, 2.24) is 5.32 Å². The van der Waals surface area contributed by atoms with Crippen molar-refractivity contribution in [1.29, 1.82) is 0 Å². The minimum absolute atomic E-state index is 0.223. The Morgan fingerprint density at radius 3 is 2.37 bits per heavy atom. The van der Waals surface area contributed by atoms with Crippen LogP contribution in [0.5, 0.6) is 0 Å². The van der Waals surface area contributed by atoms with Crippen LogP contribution in [-0.4, -0.2) is 31.7 Å². The Hall–Kier alpha value is -1.78. The van der Waals surface area contributed by atoms with Gasteiger partial charge in [-0.3, -0.25) is 0 Å². The van der Waals surface area contributed by atoms with Gasteiger partial charge in [-0.1, -0.05) is 19.9 Å². The number of nitrogens with one attached hydrogen (secondary N) is 1. The van der Waals surface area contributed by atoms with E-state index in [2.05, 4.69) is 11.9 Å². The predicted octanol–water partition coefficient (Wildman–Crippen LogP) is 1.94. The number of ether oxygens (including phenoxy) is 2. The first-order valence-corrected chi connectivity index (χ1v) is 6.39. The Kier molecular flexibility index (Phi) is 9.22. The van der Waals surface area contributed by atoms with Gasteiger partial charge in [0.05, 0.1) is 6.61 Å². The second-order valence-corrected chi connectivity index (χ2v) is 4.19. The van der Waals surface area contributed by atoms with E-state index in [0.717, 1.165) is 12.8 Å². The van der Waals surface area contributed by atoms with Gasteiger partial charge in [0.1, 0.15) is 6.61 Å². The van der Waals surface area contributed by atoms with Crippen LogP contribution in [0.2, 0.25) is 0 Å². The van der Waals surface area contributed by atoms with E-state index in [0.29, 0.717) is 24.3 Å². The summed E-state index contributed by atoms with van der Waals surface area (Å²) in [5.41, 5.74) is 0.855. The molecule has 0 fully saturated rings. The van der Waals surface area contributed by atoms with E-state index < -0.39 is 5.97 Å². The molecular weight excluding hydrogens is 246 g/mol. The molecule has 0 bridgehead atoms. The third kappa shape index (κ3) is 8.88. The molecule has 0 heterocycles. The molecule has 1 N–H and O–H groups in total. The summed E-state index contributed by atoms with van der Waals surface area (Å²) < 4.78 is 9.91. The molecule has 0 rings (SSSR count). The van der Waals surface area contributed by atoms with Crippen molar-refractivity contribution in [2.24, 2.45) is 0 Å². The minimum atomic E-state index is -0.415. The molecule has 19 heavy (non-hydrogen) atoms. The van der Waals surface area contributed by atoms with Crippen LogP contribution in [0, 0.1) is 0 Å². The number of esters is 2. The lowest BCUT2D eigenvalue weighted by atomic mass is 10.3. The van der Waals surface area contributed by atoms with Crippen LogP contribution < -0.4 is 5.32 Å². The van der Waals surface area contributed by atoms with E-state index >= 15 is 0 Å². The third-order valence-corrected chi connectivity index (χ3v) is 2.20. The van der Waals surface area contributed by atoms with Gasteiger partial charge in [-0.2, -0.15) is 0 Å². The maximum Gasteiger partial charge on any atom is 0.335 e. The van der Waals surface area contributed by atoms with E-state index in [1.807, 2.05) is 6.92 Å². The fourth-order valence-corrected chi connectivity index (χ4v) is 1.03. The van der Waals surface area contributed by atoms with Gasteiger partial charge in [-0.15, -0.1) is 0 Å². The van der Waals surface area contributed by atoms with Crippen LogP contribution in [0.15, 0.2) is 23.9 Å². The smallest absolute Gasteiger partial charge is 0.335 e. The highest BCUT2D eigenvalue weighted by atomic mass is 16.5. The quantitative estimate of drug-likeness (QED) is 0.394. The standard InChI is InChI=1S/C14H23NO4/c1-5-6-8-18-14(17)12(4)10-15-7-9-19-13(16)11(2)3/h10,15H,2,5-9H2,1,3-4H3. The number of rotatable bonds is 9. The molecule has 0 aliphatic carbocycles. The minimum Gasteiger partial charge on any atom is -0.462 e. The summed E-state index contributed by atoms with van der Waals surface area (Å²) in [5.74, 6) is -0.749. The van der Waals surface area contributed by atoms with Gasteiger partial charge < -0.3 is 14.8 Å². The molecule has 0 aromatic rings. The molecule has 0 saturated heterocycles. The van der Waals surface area contributed by atoms with E-state index in [1.54, 1.807) is 20.0 Å². The molecule has 0 aliphatic heterocycles. The molecule has 0 spiro atoms. The molecule has 0 unspecified atom stereocenters. The molecule has 5 nitrogen and oxygen atoms in total. The summed E-state index contributed by atoms with van der Waals surface area (Å²) in [6, 6.07) is 0. The van der Waals surface area contributed by atoms with E-state index in [9.17, 15) is 9.59 Å². The Balaban J connectivity index is 3.77. The fraction of sp³-hybridized carbons (Fsp3) is 0.571. The molecule has 0 aromatic heterocycles. The molecule has 5 heteroatoms. The molecule has 0 amide bonds. The van der Waals surface area contributed by atoms with Crippen molar-refractivity contribution in [3.05, 3.63) is 23.9 Å². The zero-order chi connectivity index (χ0) is 14.7. The largest absolute Gasteiger partial charge is 0.462 e. The zero-order valence-electron chi connectivity index (χ0n) is 12.0. The molecule has 0 radical (unpaired) electrons. The van der Waals surface area contributed by atoms with Gasteiger partial charge in [-0.05, 0) is 20.3 Å². The summed E-state index contributed by atoms with van der Waals surface area (Å²) in [5, 5.41) is 2.88. The third-order valence-electron chi connectivity index (χ3n) is 2.20. The van der Waals surface area contributed by atoms with Crippen molar-refractivity contribution in [3.63, 3.8) is 0 Å². The van der Waals surface area contributed by atoms with Crippen molar-refractivity contribution in [2.45, 2.75) is 33.6 Å². The normalized spacial score (nSPS) is 10.8. The summed E-state index contributed by atoms with van der Waals surface area (Å²) in [6.45, 7) is 9.86. The van der Waals surface area contributed by atoms with Gasteiger partial charge >= 0.3 is 11.9 Å². The number of unbranched alkanes of at least 4 members (excludes halogenated alkanes) is 1. The predicted molar refractivity (Wildman–Crippen MR) is 73.4 cm³/mol. The topological polar surface area (TPSA) is 64.6 Å². The summed E-state index contributed by atoms with van der Waals surface area (Å²) in [6.07, 6.45) is 3.41. The first-order chi connectivity index (χ1) is 8.99. The molecule has 0 aromatic carbocycles. The van der Waals surface area contributed by atoms with Crippen LogP contribution in [0.4, 0.5) is 0 Å². The van der Waals surface area contributed by atoms with Crippen LogP contribution >= 0.6 is 0 Å². The maximum atomic E-state index is 11.5. The van der Waals surface area contributed by atoms with E-state index in [-0.39, 0.29) is 12.6 Å². The lowest BCUT2D eigenvalue weighted by Crippen LogP contribution is -2.18. The van der Waals surface area contributed by atoms with Gasteiger partial charge in [0.15, 0.2) is 0 Å². The van der Waals surface area contributed by atoms with Gasteiger partial charge in [-0.25, -0.2) is 9.59 Å². The van der Waals surface area contributed by atoms with Gasteiger partial charge in [0, 0.05) is 23.9 Å². The van der Waals surface area contributed by atoms with Gasteiger partial charge in [0.2, 0.25) is 0 Å². The van der Waals surface area contributed by atoms with Crippen molar-refractivity contribution in [3.8, 4) is 0 Å². The first kappa shape index (κ1) is 17.2. The second-order valence-electron chi connectivity index (χ2n) is 4.19. The molecule has 108 valence electrons. The Morgan fingerprint density at radius 1 is 1.16 bits per heavy atom. The average molecular weight is 269 g/mol. The summed E-state index contributed by atoms with van der Waals surface area (Å²) in [4.78, 5) is 22.5. The number of carbonyl (C=O) groups excluding carboxylic acids is 2. The lowest BCUT2D eigenvalue weighted by Gasteiger charge is -2.06. The SMILES string of the molecule is C=C(C)C(=O)OCCNC=C(C)C(=O)OCCCC. The highest BCUT2D eigenvalue weighted by Gasteiger charge is 2.05. The summed E-state index contributed by atoms with van der Waals surface area (Å²) >= 11 is 0. The first-order valence-electron chi connectivity index (χ1n) is 6.39. The second kappa shape index (κ2) is 10.2. The fourth-order valence-electron chi connectivity index (χ4n) is 1.03. The van der Waals surface area contributed by atoms with Crippen molar-refractivity contribution < 1.29 is 19.1 Å². The maximum absolute atomic E-state index is 11.5.